The van der Waals surface area contributed by atoms with Gasteiger partial charge in [-0.3, -0.25) is 19.0 Å². The number of Topliss-reactive ketones (excluding diaryl/α,β-unsaturated/α-hetero) is 1. The van der Waals surface area contributed by atoms with Crippen LogP contribution in [0.15, 0.2) is 34.5 Å². The maximum atomic E-state index is 13.3. The first kappa shape index (κ1) is 20.3. The van der Waals surface area contributed by atoms with Crippen molar-refractivity contribution < 1.29 is 26.4 Å². The number of ketones is 1. The fraction of sp³-hybridized carbons (Fsp3) is 0.474. The van der Waals surface area contributed by atoms with Gasteiger partial charge < -0.3 is 10.2 Å². The number of likely N-dealkylation sites (N-methyl/N-ethyl adjacent to an activating group) is 1. The Morgan fingerprint density at radius 1 is 1.16 bits per heavy atom. The number of sulfonamides is 2. The number of fused-ring (bicyclic) bond motifs is 6. The van der Waals surface area contributed by atoms with Crippen molar-refractivity contribution in [3.05, 3.63) is 29.6 Å². The molecule has 3 fully saturated rings. The number of likely N-dealkylation sites (tertiary alicyclic amines) is 1. The second kappa shape index (κ2) is 6.45. The predicted molar refractivity (Wildman–Crippen MR) is 112 cm³/mol. The van der Waals surface area contributed by atoms with Crippen molar-refractivity contribution in [3.8, 4) is 0 Å². The highest BCUT2D eigenvalue weighted by atomic mass is 32.2. The van der Waals surface area contributed by atoms with E-state index in [-0.39, 0.29) is 51.3 Å². The lowest BCUT2D eigenvalue weighted by molar-refractivity contribution is -0.140. The molecule has 12 heteroatoms. The van der Waals surface area contributed by atoms with Crippen molar-refractivity contribution in [1.82, 2.24) is 9.62 Å². The molecule has 0 aromatic heterocycles. The third kappa shape index (κ3) is 3.11. The van der Waals surface area contributed by atoms with E-state index in [2.05, 4.69) is 14.8 Å². The van der Waals surface area contributed by atoms with Crippen LogP contribution in [0, 0.1) is 17.8 Å². The molecule has 5 rings (SSSR count). The zero-order valence-electron chi connectivity index (χ0n) is 16.9. The number of rotatable bonds is 2. The summed E-state index contributed by atoms with van der Waals surface area (Å²) in [5.41, 5.74) is 0.0568. The van der Waals surface area contributed by atoms with Crippen molar-refractivity contribution >= 4 is 43.1 Å². The summed E-state index contributed by atoms with van der Waals surface area (Å²) in [4.78, 5) is 27.8. The highest BCUT2D eigenvalue weighted by Crippen LogP contribution is 2.53. The average molecular weight is 467 g/mol. The topological polar surface area (TPSA) is 142 Å². The fourth-order valence-electron chi connectivity index (χ4n) is 5.59. The van der Waals surface area contributed by atoms with Gasteiger partial charge in [-0.25, -0.2) is 16.8 Å². The smallest absolute Gasteiger partial charge is 0.265 e. The molecule has 1 amide bonds. The van der Waals surface area contributed by atoms with Crippen LogP contribution in [-0.2, 0) is 29.6 Å². The quantitative estimate of drug-likeness (QED) is 0.424. The maximum absolute atomic E-state index is 13.3. The van der Waals surface area contributed by atoms with Crippen molar-refractivity contribution in [2.75, 3.05) is 23.3 Å². The van der Waals surface area contributed by atoms with Gasteiger partial charge in [-0.05, 0) is 49.3 Å². The van der Waals surface area contributed by atoms with Gasteiger partial charge in [0.1, 0.15) is 16.3 Å². The number of piperidine rings is 1. The number of hydrogen-bond donors (Lipinski definition) is 3. The normalized spacial score (nSPS) is 33.4. The van der Waals surface area contributed by atoms with E-state index >= 15 is 0 Å². The van der Waals surface area contributed by atoms with E-state index in [0.29, 0.717) is 5.92 Å². The van der Waals surface area contributed by atoms with E-state index < -0.39 is 26.0 Å². The summed E-state index contributed by atoms with van der Waals surface area (Å²) in [5.74, 6) is -0.743. The molecule has 0 spiro atoms. The van der Waals surface area contributed by atoms with Crippen molar-refractivity contribution in [2.45, 2.75) is 30.2 Å². The predicted octanol–water partition coefficient (Wildman–Crippen LogP) is 0.429. The van der Waals surface area contributed by atoms with Crippen LogP contribution in [0.1, 0.15) is 19.3 Å². The molecule has 2 heterocycles. The highest BCUT2D eigenvalue weighted by molar-refractivity contribution is 7.92. The molecular weight excluding hydrogens is 444 g/mol. The van der Waals surface area contributed by atoms with Gasteiger partial charge in [-0.15, -0.1) is 0 Å². The number of amides is 1. The van der Waals surface area contributed by atoms with Crippen molar-refractivity contribution in [2.24, 2.45) is 17.8 Å². The van der Waals surface area contributed by atoms with E-state index in [0.717, 1.165) is 25.5 Å². The molecule has 2 aliphatic carbocycles. The molecule has 1 aromatic carbocycles. The van der Waals surface area contributed by atoms with Crippen LogP contribution < -0.4 is 14.8 Å². The van der Waals surface area contributed by atoms with Crippen LogP contribution >= 0.6 is 0 Å². The molecule has 4 aliphatic rings. The van der Waals surface area contributed by atoms with Crippen LogP contribution in [0.2, 0.25) is 0 Å². The standard InChI is InChI=1S/C19H22N4O6S2/c1-23-16-10-4-3-9(7-10)14(16)17(24)15(19(23)25)18-20-12-6-5-11(21-30(2,26)27)8-13(12)31(28,29)22-18/h5-6,8-10,14,16,20-22H,3-4,7H2,1-2H3/b18-15+. The van der Waals surface area contributed by atoms with Crippen LogP contribution in [0.4, 0.5) is 11.4 Å². The SMILES string of the molecule is CN1C(=O)/C(=C2\Nc3ccc(NS(C)(=O)=O)cc3S(=O)(=O)N2)C(=O)C2C3CCC(C3)C21. The number of nitrogens with zero attached hydrogens (tertiary/aromatic N) is 1. The molecule has 1 aromatic rings. The lowest BCUT2D eigenvalue weighted by atomic mass is 9.75. The van der Waals surface area contributed by atoms with Gasteiger partial charge in [0.05, 0.1) is 11.9 Å². The fourth-order valence-corrected chi connectivity index (χ4v) is 7.37. The first-order valence-electron chi connectivity index (χ1n) is 9.93. The summed E-state index contributed by atoms with van der Waals surface area (Å²) in [6, 6.07) is 3.85. The molecule has 10 nitrogen and oxygen atoms in total. The summed E-state index contributed by atoms with van der Waals surface area (Å²) < 4.78 is 53.2. The van der Waals surface area contributed by atoms with Gasteiger partial charge in [-0.2, -0.15) is 0 Å². The van der Waals surface area contributed by atoms with Crippen LogP contribution in [0.5, 0.6) is 0 Å². The summed E-state index contributed by atoms with van der Waals surface area (Å²) >= 11 is 0. The number of nitrogens with one attached hydrogen (secondary N) is 3. The zero-order valence-corrected chi connectivity index (χ0v) is 18.5. The minimum absolute atomic E-state index is 0.0823. The molecule has 1 saturated heterocycles. The molecule has 4 unspecified atom stereocenters. The molecular formula is C19H22N4O6S2. The lowest BCUT2D eigenvalue weighted by Crippen LogP contribution is -2.55. The monoisotopic (exact) mass is 466 g/mol. The molecule has 4 atom stereocenters. The van der Waals surface area contributed by atoms with Gasteiger partial charge >= 0.3 is 0 Å². The van der Waals surface area contributed by atoms with E-state index in [1.165, 1.54) is 18.2 Å². The Morgan fingerprint density at radius 2 is 1.87 bits per heavy atom. The van der Waals surface area contributed by atoms with Crippen LogP contribution in [0.3, 0.4) is 0 Å². The number of benzene rings is 1. The summed E-state index contributed by atoms with van der Waals surface area (Å²) in [6.07, 6.45) is 3.82. The third-order valence-corrected chi connectivity index (χ3v) is 8.72. The van der Waals surface area contributed by atoms with E-state index in [4.69, 9.17) is 0 Å². The lowest BCUT2D eigenvalue weighted by Gasteiger charge is -2.42. The average Bonchev–Trinajstić information content (AvgIpc) is 3.27. The minimum atomic E-state index is -4.14. The molecule has 2 saturated carbocycles. The Kier molecular flexibility index (Phi) is 4.23. The zero-order chi connectivity index (χ0) is 22.3. The molecule has 2 bridgehead atoms. The molecule has 31 heavy (non-hydrogen) atoms. The van der Waals surface area contributed by atoms with E-state index in [1.54, 1.807) is 11.9 Å². The third-order valence-electron chi connectivity index (χ3n) is 6.72. The van der Waals surface area contributed by atoms with E-state index in [1.807, 2.05) is 0 Å². The number of anilines is 2. The summed E-state index contributed by atoms with van der Waals surface area (Å²) in [5, 5.41) is 2.86. The highest BCUT2D eigenvalue weighted by Gasteiger charge is 2.58. The molecule has 0 radical (unpaired) electrons. The van der Waals surface area contributed by atoms with Crippen molar-refractivity contribution in [1.29, 1.82) is 0 Å². The Hall–Kier alpha value is -2.60. The number of hydrogen-bond acceptors (Lipinski definition) is 7. The molecule has 2 aliphatic heterocycles. The largest absolute Gasteiger partial charge is 0.339 e. The second-order valence-electron chi connectivity index (χ2n) is 8.70. The van der Waals surface area contributed by atoms with Crippen molar-refractivity contribution in [3.63, 3.8) is 0 Å². The molecule has 3 N–H and O–H groups in total. The Balaban J connectivity index is 1.56. The first-order chi connectivity index (χ1) is 14.5. The Bertz CT molecular complexity index is 1270. The van der Waals surface area contributed by atoms with E-state index in [9.17, 15) is 26.4 Å². The number of carbonyl (C=O) groups is 2. The van der Waals surface area contributed by atoms with Gasteiger partial charge in [0, 0.05) is 24.7 Å². The minimum Gasteiger partial charge on any atom is -0.339 e. The van der Waals surface area contributed by atoms with Gasteiger partial charge in [0.15, 0.2) is 5.78 Å². The van der Waals surface area contributed by atoms with Crippen LogP contribution in [-0.4, -0.2) is 52.8 Å². The Morgan fingerprint density at radius 3 is 2.58 bits per heavy atom. The summed E-state index contributed by atoms with van der Waals surface area (Å²) in [6.45, 7) is 0. The summed E-state index contributed by atoms with van der Waals surface area (Å²) in [7, 11) is -6.07. The first-order valence-corrected chi connectivity index (χ1v) is 13.3. The van der Waals surface area contributed by atoms with Gasteiger partial charge in [0.25, 0.3) is 15.9 Å². The number of carbonyl (C=O) groups excluding carboxylic acids is 2. The second-order valence-corrected chi connectivity index (χ2v) is 12.1. The van der Waals surface area contributed by atoms with Gasteiger partial charge in [-0.1, -0.05) is 0 Å². The van der Waals surface area contributed by atoms with Gasteiger partial charge in [0.2, 0.25) is 10.0 Å². The molecule has 166 valence electrons. The van der Waals surface area contributed by atoms with Crippen LogP contribution in [0.25, 0.3) is 0 Å². The maximum Gasteiger partial charge on any atom is 0.265 e. The Labute approximate surface area is 180 Å².